The van der Waals surface area contributed by atoms with Crippen LogP contribution in [0.3, 0.4) is 0 Å². The maximum atomic E-state index is 6.02. The van der Waals surface area contributed by atoms with Gasteiger partial charge in [-0.05, 0) is 31.9 Å². The molecule has 108 valence electrons. The number of rotatable bonds is 8. The highest BCUT2D eigenvalue weighted by molar-refractivity contribution is 5.54. The molecule has 1 atom stereocenters. The van der Waals surface area contributed by atoms with Crippen molar-refractivity contribution in [3.8, 4) is 11.5 Å². The summed E-state index contributed by atoms with van der Waals surface area (Å²) in [5.41, 5.74) is 7.02. The highest BCUT2D eigenvalue weighted by Crippen LogP contribution is 2.30. The highest BCUT2D eigenvalue weighted by atomic mass is 16.5. The van der Waals surface area contributed by atoms with Crippen LogP contribution in [0.5, 0.6) is 11.5 Å². The largest absolute Gasteiger partial charge is 0.490 e. The maximum absolute atomic E-state index is 6.02. The van der Waals surface area contributed by atoms with E-state index in [2.05, 4.69) is 19.2 Å². The first-order valence-corrected chi connectivity index (χ1v) is 6.97. The van der Waals surface area contributed by atoms with Gasteiger partial charge in [0.2, 0.25) is 0 Å². The van der Waals surface area contributed by atoms with E-state index < -0.39 is 0 Å². The van der Waals surface area contributed by atoms with Crippen LogP contribution in [-0.4, -0.2) is 25.8 Å². The predicted molar refractivity (Wildman–Crippen MR) is 80.1 cm³/mol. The fourth-order valence-corrected chi connectivity index (χ4v) is 1.63. The topological polar surface area (TPSA) is 56.5 Å². The van der Waals surface area contributed by atoms with Gasteiger partial charge in [0.1, 0.15) is 0 Å². The summed E-state index contributed by atoms with van der Waals surface area (Å²) >= 11 is 0. The van der Waals surface area contributed by atoms with Gasteiger partial charge in [-0.15, -0.1) is 0 Å². The van der Waals surface area contributed by atoms with Crippen LogP contribution < -0.4 is 20.5 Å². The van der Waals surface area contributed by atoms with E-state index in [1.165, 1.54) is 0 Å². The molecule has 0 spiro atoms. The molecule has 4 nitrogen and oxygen atoms in total. The van der Waals surface area contributed by atoms with Crippen molar-refractivity contribution in [3.63, 3.8) is 0 Å². The molecule has 0 saturated carbocycles. The number of benzene rings is 1. The number of nitrogens with two attached hydrogens (primary N) is 1. The predicted octanol–water partition coefficient (Wildman–Crippen LogP) is 2.88. The summed E-state index contributed by atoms with van der Waals surface area (Å²) < 4.78 is 11.1. The van der Waals surface area contributed by atoms with Crippen molar-refractivity contribution in [3.05, 3.63) is 18.2 Å². The lowest BCUT2D eigenvalue weighted by molar-refractivity contribution is 0.288. The van der Waals surface area contributed by atoms with Crippen LogP contribution in [0.1, 0.15) is 27.7 Å². The van der Waals surface area contributed by atoms with Crippen LogP contribution in [0.4, 0.5) is 5.69 Å². The zero-order chi connectivity index (χ0) is 14.3. The van der Waals surface area contributed by atoms with Crippen molar-refractivity contribution in [2.45, 2.75) is 33.7 Å². The number of hydrogen-bond donors (Lipinski definition) is 2. The second-order valence-electron chi connectivity index (χ2n) is 4.82. The summed E-state index contributed by atoms with van der Waals surface area (Å²) in [6.45, 7) is 10.2. The minimum absolute atomic E-state index is 0.141. The molecule has 0 amide bonds. The fraction of sp³-hybridized carbons (Fsp3) is 0.600. The van der Waals surface area contributed by atoms with Gasteiger partial charge >= 0.3 is 0 Å². The Bertz CT molecular complexity index is 380. The van der Waals surface area contributed by atoms with Crippen LogP contribution in [0.15, 0.2) is 18.2 Å². The molecular weight excluding hydrogens is 240 g/mol. The third kappa shape index (κ3) is 4.99. The lowest BCUT2D eigenvalue weighted by Crippen LogP contribution is -2.33. The number of ether oxygens (including phenoxy) is 2. The average Bonchev–Trinajstić information content (AvgIpc) is 2.39. The van der Waals surface area contributed by atoms with Gasteiger partial charge in [-0.2, -0.15) is 0 Å². The second-order valence-corrected chi connectivity index (χ2v) is 4.82. The molecule has 0 bridgehead atoms. The average molecular weight is 266 g/mol. The molecule has 0 aliphatic carbocycles. The zero-order valence-corrected chi connectivity index (χ0v) is 12.4. The summed E-state index contributed by atoms with van der Waals surface area (Å²) in [6, 6.07) is 6.02. The first kappa shape index (κ1) is 15.6. The summed E-state index contributed by atoms with van der Waals surface area (Å²) in [7, 11) is 0. The molecular formula is C15H26N2O2. The number of nitrogens with one attached hydrogen (secondary N) is 1. The van der Waals surface area contributed by atoms with Crippen molar-refractivity contribution < 1.29 is 9.47 Å². The van der Waals surface area contributed by atoms with E-state index in [1.54, 1.807) is 0 Å². The smallest absolute Gasteiger partial charge is 0.163 e. The molecule has 1 aromatic rings. The molecule has 19 heavy (non-hydrogen) atoms. The SMILES string of the molecule is CCOc1ccc(NCC(N)C(C)C)cc1OCC. The Hall–Kier alpha value is -1.42. The highest BCUT2D eigenvalue weighted by Gasteiger charge is 2.09. The Morgan fingerprint density at radius 3 is 2.32 bits per heavy atom. The molecule has 0 saturated heterocycles. The molecule has 0 heterocycles. The van der Waals surface area contributed by atoms with Gasteiger partial charge in [-0.1, -0.05) is 13.8 Å². The standard InChI is InChI=1S/C15H26N2O2/c1-5-18-14-8-7-12(9-15(14)19-6-2)17-10-13(16)11(3)4/h7-9,11,13,17H,5-6,10,16H2,1-4H3. The fourth-order valence-electron chi connectivity index (χ4n) is 1.63. The lowest BCUT2D eigenvalue weighted by atomic mass is 10.1. The van der Waals surface area contributed by atoms with Crippen LogP contribution in [-0.2, 0) is 0 Å². The molecule has 1 rings (SSSR count). The molecule has 0 aliphatic rings. The van der Waals surface area contributed by atoms with Crippen LogP contribution in [0.25, 0.3) is 0 Å². The molecule has 3 N–H and O–H groups in total. The van der Waals surface area contributed by atoms with Gasteiger partial charge in [0.05, 0.1) is 13.2 Å². The van der Waals surface area contributed by atoms with Crippen molar-refractivity contribution in [1.82, 2.24) is 0 Å². The molecule has 1 unspecified atom stereocenters. The summed E-state index contributed by atoms with van der Waals surface area (Å²) in [6.07, 6.45) is 0. The van der Waals surface area contributed by atoms with E-state index >= 15 is 0 Å². The van der Waals surface area contributed by atoms with Gasteiger partial charge in [0.15, 0.2) is 11.5 Å². The Balaban J connectivity index is 2.71. The van der Waals surface area contributed by atoms with E-state index in [9.17, 15) is 0 Å². The van der Waals surface area contributed by atoms with Crippen molar-refractivity contribution in [1.29, 1.82) is 0 Å². The van der Waals surface area contributed by atoms with Gasteiger partial charge in [0.25, 0.3) is 0 Å². The summed E-state index contributed by atoms with van der Waals surface area (Å²) in [5.74, 6) is 2.01. The Morgan fingerprint density at radius 2 is 1.74 bits per heavy atom. The van der Waals surface area contributed by atoms with Gasteiger partial charge < -0.3 is 20.5 Å². The molecule has 0 aliphatic heterocycles. The normalized spacial score (nSPS) is 12.3. The van der Waals surface area contributed by atoms with Crippen LogP contribution >= 0.6 is 0 Å². The van der Waals surface area contributed by atoms with E-state index in [4.69, 9.17) is 15.2 Å². The monoisotopic (exact) mass is 266 g/mol. The van der Waals surface area contributed by atoms with Crippen molar-refractivity contribution in [2.24, 2.45) is 11.7 Å². The molecule has 4 heteroatoms. The van der Waals surface area contributed by atoms with E-state index in [0.717, 1.165) is 23.7 Å². The second kappa shape index (κ2) is 7.89. The zero-order valence-electron chi connectivity index (χ0n) is 12.4. The lowest BCUT2D eigenvalue weighted by Gasteiger charge is -2.18. The van der Waals surface area contributed by atoms with Crippen molar-refractivity contribution >= 4 is 5.69 Å². The minimum atomic E-state index is 0.141. The van der Waals surface area contributed by atoms with E-state index in [1.807, 2.05) is 32.0 Å². The van der Waals surface area contributed by atoms with E-state index in [-0.39, 0.29) is 6.04 Å². The number of hydrogen-bond acceptors (Lipinski definition) is 4. The molecule has 0 radical (unpaired) electrons. The van der Waals surface area contributed by atoms with Crippen molar-refractivity contribution in [2.75, 3.05) is 25.1 Å². The third-order valence-electron chi connectivity index (χ3n) is 2.94. The summed E-state index contributed by atoms with van der Waals surface area (Å²) in [4.78, 5) is 0. The Kier molecular flexibility index (Phi) is 6.50. The molecule has 1 aromatic carbocycles. The molecule has 0 aromatic heterocycles. The van der Waals surface area contributed by atoms with Crippen LogP contribution in [0, 0.1) is 5.92 Å². The van der Waals surface area contributed by atoms with Gasteiger partial charge in [-0.25, -0.2) is 0 Å². The Labute approximate surface area is 116 Å². The Morgan fingerprint density at radius 1 is 1.11 bits per heavy atom. The first-order chi connectivity index (χ1) is 9.08. The summed E-state index contributed by atoms with van der Waals surface area (Å²) in [5, 5.41) is 3.33. The maximum Gasteiger partial charge on any atom is 0.163 e. The van der Waals surface area contributed by atoms with E-state index in [0.29, 0.717) is 19.1 Å². The van der Waals surface area contributed by atoms with Crippen LogP contribution in [0.2, 0.25) is 0 Å². The third-order valence-corrected chi connectivity index (χ3v) is 2.94. The minimum Gasteiger partial charge on any atom is -0.490 e. The number of anilines is 1. The van der Waals surface area contributed by atoms with Gasteiger partial charge in [-0.3, -0.25) is 0 Å². The first-order valence-electron chi connectivity index (χ1n) is 6.97. The quantitative estimate of drug-likeness (QED) is 0.759. The van der Waals surface area contributed by atoms with Gasteiger partial charge in [0, 0.05) is 24.3 Å². The molecule has 0 fully saturated rings.